The predicted octanol–water partition coefficient (Wildman–Crippen LogP) is 2.19. The van der Waals surface area contributed by atoms with Crippen molar-refractivity contribution in [3.8, 4) is 0 Å². The van der Waals surface area contributed by atoms with Crippen LogP contribution in [0.15, 0.2) is 6.20 Å². The van der Waals surface area contributed by atoms with E-state index in [1.165, 1.54) is 11.3 Å². The van der Waals surface area contributed by atoms with Gasteiger partial charge in [0.05, 0.1) is 18.2 Å². The minimum absolute atomic E-state index is 0.191. The summed E-state index contributed by atoms with van der Waals surface area (Å²) in [5.74, 6) is -0.796. The van der Waals surface area contributed by atoms with Gasteiger partial charge in [0, 0.05) is 13.1 Å². The van der Waals surface area contributed by atoms with Crippen molar-refractivity contribution in [2.75, 3.05) is 13.1 Å². The zero-order chi connectivity index (χ0) is 14.8. The number of rotatable bonds is 3. The van der Waals surface area contributed by atoms with Gasteiger partial charge in [-0.15, -0.1) is 11.3 Å². The molecule has 6 nitrogen and oxygen atoms in total. The number of carboxylic acid groups (broad SMARTS) is 1. The molecule has 2 amide bonds. The average Bonchev–Trinajstić information content (AvgIpc) is 2.82. The number of hydrogen-bond donors (Lipinski definition) is 2. The van der Waals surface area contributed by atoms with Crippen LogP contribution < -0.4 is 5.32 Å². The van der Waals surface area contributed by atoms with Gasteiger partial charge in [-0.3, -0.25) is 4.79 Å². The Hall–Kier alpha value is -1.34. The summed E-state index contributed by atoms with van der Waals surface area (Å²) in [5, 5.41) is 12.7. The Labute approximate surface area is 125 Å². The molecule has 1 aromatic heterocycles. The maximum atomic E-state index is 12.0. The van der Waals surface area contributed by atoms with E-state index in [1.807, 2.05) is 0 Å². The van der Waals surface area contributed by atoms with E-state index in [0.29, 0.717) is 36.8 Å². The molecule has 1 aliphatic heterocycles. The van der Waals surface area contributed by atoms with E-state index in [0.717, 1.165) is 5.01 Å². The second-order valence-electron chi connectivity index (χ2n) is 5.07. The van der Waals surface area contributed by atoms with Crippen molar-refractivity contribution in [2.24, 2.45) is 5.41 Å². The lowest BCUT2D eigenvalue weighted by molar-refractivity contribution is -0.150. The first-order valence-electron chi connectivity index (χ1n) is 6.27. The first-order chi connectivity index (χ1) is 9.40. The summed E-state index contributed by atoms with van der Waals surface area (Å²) in [6.45, 7) is 2.96. The van der Waals surface area contributed by atoms with E-state index in [9.17, 15) is 9.59 Å². The lowest BCUT2D eigenvalue weighted by Crippen LogP contribution is -2.48. The average molecular weight is 318 g/mol. The molecule has 0 saturated carbocycles. The summed E-state index contributed by atoms with van der Waals surface area (Å²) in [5.41, 5.74) is -0.723. The maximum Gasteiger partial charge on any atom is 0.317 e. The van der Waals surface area contributed by atoms with Crippen LogP contribution in [0.3, 0.4) is 0 Å². The fourth-order valence-electron chi connectivity index (χ4n) is 2.05. The third-order valence-corrected chi connectivity index (χ3v) is 4.70. The second-order valence-corrected chi connectivity index (χ2v) is 6.82. The molecule has 1 aromatic rings. The summed E-state index contributed by atoms with van der Waals surface area (Å²) in [6.07, 6.45) is 2.49. The van der Waals surface area contributed by atoms with Crippen molar-refractivity contribution in [2.45, 2.75) is 26.3 Å². The molecule has 0 atom stereocenters. The summed E-state index contributed by atoms with van der Waals surface area (Å²) in [6, 6.07) is -0.191. The van der Waals surface area contributed by atoms with Crippen LogP contribution in [0.5, 0.6) is 0 Å². The Kier molecular flexibility index (Phi) is 4.49. The molecular formula is C12H16ClN3O3S. The minimum Gasteiger partial charge on any atom is -0.481 e. The molecule has 0 unspecified atom stereocenters. The quantitative estimate of drug-likeness (QED) is 0.895. The molecule has 20 heavy (non-hydrogen) atoms. The molecule has 0 aliphatic carbocycles. The molecule has 2 rings (SSSR count). The number of halogens is 1. The van der Waals surface area contributed by atoms with Gasteiger partial charge in [-0.1, -0.05) is 11.6 Å². The van der Waals surface area contributed by atoms with Crippen LogP contribution in [0.2, 0.25) is 4.34 Å². The number of carbonyl (C=O) groups excluding carboxylic acids is 1. The summed E-state index contributed by atoms with van der Waals surface area (Å²) in [4.78, 5) is 28.8. The Morgan fingerprint density at radius 1 is 1.55 bits per heavy atom. The standard InChI is InChI=1S/C12H16ClN3O3S/c1-12(10(17)18)2-4-16(5-3-12)11(19)15-7-9-14-6-8(13)20-9/h6H,2-5,7H2,1H3,(H,15,19)(H,17,18). The number of urea groups is 1. The van der Waals surface area contributed by atoms with Crippen LogP contribution in [0.4, 0.5) is 4.79 Å². The number of likely N-dealkylation sites (tertiary alicyclic amines) is 1. The van der Waals surface area contributed by atoms with Crippen LogP contribution in [0.25, 0.3) is 0 Å². The summed E-state index contributed by atoms with van der Waals surface area (Å²) < 4.78 is 0.587. The molecule has 1 aliphatic rings. The Balaban J connectivity index is 1.81. The van der Waals surface area contributed by atoms with Gasteiger partial charge in [-0.05, 0) is 19.8 Å². The monoisotopic (exact) mass is 317 g/mol. The van der Waals surface area contributed by atoms with Gasteiger partial charge in [0.1, 0.15) is 9.34 Å². The zero-order valence-electron chi connectivity index (χ0n) is 11.1. The number of thiazole rings is 1. The van der Waals surface area contributed by atoms with Crippen molar-refractivity contribution < 1.29 is 14.7 Å². The number of carboxylic acids is 1. The normalized spacial score (nSPS) is 17.8. The molecule has 0 radical (unpaired) electrons. The van der Waals surface area contributed by atoms with E-state index in [2.05, 4.69) is 10.3 Å². The fourth-order valence-corrected chi connectivity index (χ4v) is 2.95. The molecule has 1 saturated heterocycles. The number of carbonyl (C=O) groups is 2. The zero-order valence-corrected chi connectivity index (χ0v) is 12.6. The van der Waals surface area contributed by atoms with E-state index >= 15 is 0 Å². The van der Waals surface area contributed by atoms with Crippen molar-refractivity contribution >= 4 is 34.9 Å². The smallest absolute Gasteiger partial charge is 0.317 e. The third-order valence-electron chi connectivity index (χ3n) is 3.59. The van der Waals surface area contributed by atoms with Crippen LogP contribution in [-0.2, 0) is 11.3 Å². The maximum absolute atomic E-state index is 12.0. The van der Waals surface area contributed by atoms with Crippen LogP contribution in [-0.4, -0.2) is 40.1 Å². The van der Waals surface area contributed by atoms with Gasteiger partial charge in [0.25, 0.3) is 0 Å². The van der Waals surface area contributed by atoms with Crippen molar-refractivity contribution in [1.82, 2.24) is 15.2 Å². The molecule has 0 aromatic carbocycles. The molecule has 2 N–H and O–H groups in total. The number of nitrogens with zero attached hydrogens (tertiary/aromatic N) is 2. The van der Waals surface area contributed by atoms with Gasteiger partial charge in [-0.25, -0.2) is 9.78 Å². The van der Waals surface area contributed by atoms with Gasteiger partial charge < -0.3 is 15.3 Å². The van der Waals surface area contributed by atoms with E-state index in [4.69, 9.17) is 16.7 Å². The molecule has 1 fully saturated rings. The van der Waals surface area contributed by atoms with Gasteiger partial charge in [0.15, 0.2) is 0 Å². The molecule has 2 heterocycles. The van der Waals surface area contributed by atoms with Gasteiger partial charge >= 0.3 is 12.0 Å². The fraction of sp³-hybridized carbons (Fsp3) is 0.583. The molecular weight excluding hydrogens is 302 g/mol. The number of piperidine rings is 1. The number of aromatic nitrogens is 1. The van der Waals surface area contributed by atoms with Crippen LogP contribution in [0.1, 0.15) is 24.8 Å². The Morgan fingerprint density at radius 2 is 2.20 bits per heavy atom. The summed E-state index contributed by atoms with van der Waals surface area (Å²) >= 11 is 7.09. The minimum atomic E-state index is -0.796. The number of hydrogen-bond acceptors (Lipinski definition) is 4. The molecule has 110 valence electrons. The van der Waals surface area contributed by atoms with Crippen LogP contribution >= 0.6 is 22.9 Å². The highest BCUT2D eigenvalue weighted by atomic mass is 35.5. The van der Waals surface area contributed by atoms with Crippen LogP contribution in [0, 0.1) is 5.41 Å². The molecule has 0 spiro atoms. The van der Waals surface area contributed by atoms with E-state index in [1.54, 1.807) is 18.0 Å². The Bertz CT molecular complexity index is 512. The second kappa shape index (κ2) is 5.97. The first kappa shape index (κ1) is 15.1. The lowest BCUT2D eigenvalue weighted by Gasteiger charge is -2.36. The predicted molar refractivity (Wildman–Crippen MR) is 75.9 cm³/mol. The molecule has 8 heteroatoms. The molecule has 0 bridgehead atoms. The largest absolute Gasteiger partial charge is 0.481 e. The highest BCUT2D eigenvalue weighted by Crippen LogP contribution is 2.31. The first-order valence-corrected chi connectivity index (χ1v) is 7.46. The van der Waals surface area contributed by atoms with Gasteiger partial charge in [0.2, 0.25) is 0 Å². The van der Waals surface area contributed by atoms with E-state index < -0.39 is 11.4 Å². The Morgan fingerprint density at radius 3 is 2.70 bits per heavy atom. The number of amides is 2. The topological polar surface area (TPSA) is 82.5 Å². The highest BCUT2D eigenvalue weighted by Gasteiger charge is 2.37. The SMILES string of the molecule is CC1(C(=O)O)CCN(C(=O)NCc2ncc(Cl)s2)CC1. The van der Waals surface area contributed by atoms with Gasteiger partial charge in [-0.2, -0.15) is 0 Å². The van der Waals surface area contributed by atoms with Crippen molar-refractivity contribution in [1.29, 1.82) is 0 Å². The third kappa shape index (κ3) is 3.40. The van der Waals surface area contributed by atoms with Crippen molar-refractivity contribution in [3.63, 3.8) is 0 Å². The number of aliphatic carboxylic acids is 1. The van der Waals surface area contributed by atoms with E-state index in [-0.39, 0.29) is 6.03 Å². The lowest BCUT2D eigenvalue weighted by atomic mass is 9.80. The summed E-state index contributed by atoms with van der Waals surface area (Å²) in [7, 11) is 0. The highest BCUT2D eigenvalue weighted by molar-refractivity contribution is 7.15. The van der Waals surface area contributed by atoms with Crippen molar-refractivity contribution in [3.05, 3.63) is 15.5 Å². The number of nitrogens with one attached hydrogen (secondary N) is 1.